The fourth-order valence-electron chi connectivity index (χ4n) is 1.07. The van der Waals surface area contributed by atoms with Gasteiger partial charge in [-0.25, -0.2) is 8.78 Å². The van der Waals surface area contributed by atoms with Crippen LogP contribution >= 0.6 is 0 Å². The maximum atomic E-state index is 13.0. The third kappa shape index (κ3) is 3.50. The molecule has 1 N–H and O–H groups in total. The van der Waals surface area contributed by atoms with Crippen LogP contribution in [-0.4, -0.2) is 11.1 Å². The molecule has 0 atom stereocenters. The van der Waals surface area contributed by atoms with Gasteiger partial charge in [0.25, 0.3) is 0 Å². The molecule has 1 aromatic carbocycles. The van der Waals surface area contributed by atoms with Crippen LogP contribution in [0.5, 0.6) is 0 Å². The SMILES string of the molecule is O=C(O)CCC=Cc1cccc(F)c1F. The van der Waals surface area contributed by atoms with Crippen LogP contribution in [-0.2, 0) is 4.79 Å². The summed E-state index contributed by atoms with van der Waals surface area (Å²) in [6.45, 7) is 0. The predicted octanol–water partition coefficient (Wildman–Crippen LogP) is 2.84. The van der Waals surface area contributed by atoms with Crippen LogP contribution in [0, 0.1) is 11.6 Å². The Labute approximate surface area is 85.9 Å². The van der Waals surface area contributed by atoms with Crippen molar-refractivity contribution in [3.05, 3.63) is 41.5 Å². The molecule has 0 saturated carbocycles. The Kier molecular flexibility index (Phi) is 3.97. The maximum absolute atomic E-state index is 13.0. The second-order valence-corrected chi connectivity index (χ2v) is 2.98. The number of halogens is 2. The number of rotatable bonds is 4. The normalized spacial score (nSPS) is 10.8. The van der Waals surface area contributed by atoms with Gasteiger partial charge in [0.15, 0.2) is 11.6 Å². The molecule has 0 aromatic heterocycles. The van der Waals surface area contributed by atoms with E-state index in [2.05, 4.69) is 0 Å². The highest BCUT2D eigenvalue weighted by atomic mass is 19.2. The standard InChI is InChI=1S/C11H10F2O2/c12-9-6-3-5-8(11(9)13)4-1-2-7-10(14)15/h1,3-6H,2,7H2,(H,14,15). The average molecular weight is 212 g/mol. The lowest BCUT2D eigenvalue weighted by molar-refractivity contribution is -0.136. The molecule has 0 spiro atoms. The summed E-state index contributed by atoms with van der Waals surface area (Å²) in [5, 5.41) is 8.34. The molecule has 0 radical (unpaired) electrons. The Hall–Kier alpha value is -1.71. The smallest absolute Gasteiger partial charge is 0.303 e. The highest BCUT2D eigenvalue weighted by Gasteiger charge is 2.03. The number of carboxylic acids is 1. The minimum absolute atomic E-state index is 0.0204. The van der Waals surface area contributed by atoms with Gasteiger partial charge < -0.3 is 5.11 Å². The van der Waals surface area contributed by atoms with Crippen molar-refractivity contribution in [3.63, 3.8) is 0 Å². The van der Waals surface area contributed by atoms with Gasteiger partial charge in [-0.15, -0.1) is 0 Å². The third-order valence-corrected chi connectivity index (χ3v) is 1.80. The molecule has 0 unspecified atom stereocenters. The monoisotopic (exact) mass is 212 g/mol. The van der Waals surface area contributed by atoms with Crippen molar-refractivity contribution in [1.82, 2.24) is 0 Å². The summed E-state index contributed by atoms with van der Waals surface area (Å²) in [5.74, 6) is -2.74. The molecule has 2 nitrogen and oxygen atoms in total. The second kappa shape index (κ2) is 5.24. The van der Waals surface area contributed by atoms with E-state index in [1.54, 1.807) is 0 Å². The number of aliphatic carboxylic acids is 1. The van der Waals surface area contributed by atoms with Crippen molar-refractivity contribution in [2.45, 2.75) is 12.8 Å². The van der Waals surface area contributed by atoms with Crippen molar-refractivity contribution >= 4 is 12.0 Å². The number of carbonyl (C=O) groups is 1. The summed E-state index contributed by atoms with van der Waals surface area (Å²) in [6.07, 6.45) is 3.16. The first-order valence-electron chi connectivity index (χ1n) is 4.43. The zero-order valence-electron chi connectivity index (χ0n) is 7.91. The molecule has 0 aliphatic heterocycles. The summed E-state index contributed by atoms with van der Waals surface area (Å²) in [4.78, 5) is 10.2. The van der Waals surface area contributed by atoms with E-state index in [1.807, 2.05) is 0 Å². The highest BCUT2D eigenvalue weighted by Crippen LogP contribution is 2.13. The van der Waals surface area contributed by atoms with Crippen LogP contribution in [0.4, 0.5) is 8.78 Å². The number of allylic oxidation sites excluding steroid dienone is 1. The minimum Gasteiger partial charge on any atom is -0.481 e. The Morgan fingerprint density at radius 3 is 2.80 bits per heavy atom. The van der Waals surface area contributed by atoms with E-state index >= 15 is 0 Å². The van der Waals surface area contributed by atoms with Gasteiger partial charge in [-0.05, 0) is 12.5 Å². The molecular weight excluding hydrogens is 202 g/mol. The quantitative estimate of drug-likeness (QED) is 0.833. The van der Waals surface area contributed by atoms with Gasteiger partial charge in [-0.3, -0.25) is 4.79 Å². The molecular formula is C11H10F2O2. The summed E-state index contributed by atoms with van der Waals surface area (Å²) >= 11 is 0. The first-order valence-corrected chi connectivity index (χ1v) is 4.43. The zero-order valence-corrected chi connectivity index (χ0v) is 7.91. The van der Waals surface area contributed by atoms with Crippen molar-refractivity contribution in [2.24, 2.45) is 0 Å². The molecule has 1 rings (SSSR count). The van der Waals surface area contributed by atoms with Gasteiger partial charge in [-0.2, -0.15) is 0 Å². The first kappa shape index (κ1) is 11.4. The zero-order chi connectivity index (χ0) is 11.3. The van der Waals surface area contributed by atoms with Crippen LogP contribution in [0.1, 0.15) is 18.4 Å². The topological polar surface area (TPSA) is 37.3 Å². The van der Waals surface area contributed by atoms with Crippen molar-refractivity contribution in [2.75, 3.05) is 0 Å². The Bertz CT molecular complexity index is 386. The predicted molar refractivity (Wildman–Crippen MR) is 52.3 cm³/mol. The van der Waals surface area contributed by atoms with Crippen molar-refractivity contribution < 1.29 is 18.7 Å². The third-order valence-electron chi connectivity index (χ3n) is 1.80. The number of benzene rings is 1. The Balaban J connectivity index is 2.64. The van der Waals surface area contributed by atoms with E-state index in [0.29, 0.717) is 6.42 Å². The van der Waals surface area contributed by atoms with Gasteiger partial charge in [-0.1, -0.05) is 24.3 Å². The summed E-state index contributed by atoms with van der Waals surface area (Å²) in [5.41, 5.74) is 0.125. The molecule has 80 valence electrons. The van der Waals surface area contributed by atoms with E-state index < -0.39 is 17.6 Å². The first-order chi connectivity index (χ1) is 7.11. The fraction of sp³-hybridized carbons (Fsp3) is 0.182. The minimum atomic E-state index is -0.917. The molecule has 1 aromatic rings. The molecule has 0 aliphatic carbocycles. The van der Waals surface area contributed by atoms with Gasteiger partial charge in [0.2, 0.25) is 0 Å². The van der Waals surface area contributed by atoms with Gasteiger partial charge >= 0.3 is 5.97 Å². The number of carboxylic acid groups (broad SMARTS) is 1. The average Bonchev–Trinajstić information content (AvgIpc) is 2.18. The van der Waals surface area contributed by atoms with Crippen LogP contribution in [0.15, 0.2) is 24.3 Å². The van der Waals surface area contributed by atoms with Crippen molar-refractivity contribution in [1.29, 1.82) is 0 Å². The van der Waals surface area contributed by atoms with E-state index in [1.165, 1.54) is 24.3 Å². The second-order valence-electron chi connectivity index (χ2n) is 2.98. The molecule has 4 heteroatoms. The summed E-state index contributed by atoms with van der Waals surface area (Å²) in [7, 11) is 0. The maximum Gasteiger partial charge on any atom is 0.303 e. The lowest BCUT2D eigenvalue weighted by Gasteiger charge is -1.96. The van der Waals surface area contributed by atoms with Crippen molar-refractivity contribution in [3.8, 4) is 0 Å². The van der Waals surface area contributed by atoms with Crippen LogP contribution in [0.2, 0.25) is 0 Å². The number of hydrogen-bond acceptors (Lipinski definition) is 1. The van der Waals surface area contributed by atoms with Gasteiger partial charge in [0, 0.05) is 12.0 Å². The van der Waals surface area contributed by atoms with E-state index in [4.69, 9.17) is 5.11 Å². The number of hydrogen-bond donors (Lipinski definition) is 1. The largest absolute Gasteiger partial charge is 0.481 e. The van der Waals surface area contributed by atoms with Crippen LogP contribution in [0.25, 0.3) is 6.08 Å². The van der Waals surface area contributed by atoms with Gasteiger partial charge in [0.05, 0.1) is 0 Å². The summed E-state index contributed by atoms with van der Waals surface area (Å²) in [6, 6.07) is 3.86. The molecule has 0 amide bonds. The van der Waals surface area contributed by atoms with Gasteiger partial charge in [0.1, 0.15) is 0 Å². The highest BCUT2D eigenvalue weighted by molar-refractivity contribution is 5.67. The van der Waals surface area contributed by atoms with Crippen LogP contribution in [0.3, 0.4) is 0 Å². The Morgan fingerprint density at radius 1 is 1.40 bits per heavy atom. The molecule has 0 fully saturated rings. The molecule has 0 aliphatic rings. The summed E-state index contributed by atoms with van der Waals surface area (Å²) < 4.78 is 25.8. The van der Waals surface area contributed by atoms with E-state index in [-0.39, 0.29) is 12.0 Å². The molecule has 0 bridgehead atoms. The molecule has 0 saturated heterocycles. The molecule has 0 heterocycles. The fourth-order valence-corrected chi connectivity index (χ4v) is 1.07. The van der Waals surface area contributed by atoms with E-state index in [0.717, 1.165) is 6.07 Å². The molecule has 15 heavy (non-hydrogen) atoms. The Morgan fingerprint density at radius 2 is 2.13 bits per heavy atom. The van der Waals surface area contributed by atoms with Crippen LogP contribution < -0.4 is 0 Å². The lowest BCUT2D eigenvalue weighted by Crippen LogP contribution is -1.92. The van der Waals surface area contributed by atoms with E-state index in [9.17, 15) is 13.6 Å². The lowest BCUT2D eigenvalue weighted by atomic mass is 10.1.